The van der Waals surface area contributed by atoms with Gasteiger partial charge in [-0.1, -0.05) is 0 Å². The molecule has 1 aliphatic heterocycles. The highest BCUT2D eigenvalue weighted by molar-refractivity contribution is 6.11. The summed E-state index contributed by atoms with van der Waals surface area (Å²) in [5.41, 5.74) is 4.10. The lowest BCUT2D eigenvalue weighted by atomic mass is 10.0. The first-order valence-electron chi connectivity index (χ1n) is 11.7. The number of anilines is 1. The number of benzene rings is 3. The zero-order valence-electron chi connectivity index (χ0n) is 21.6. The van der Waals surface area contributed by atoms with E-state index in [0.717, 1.165) is 17.5 Å². The molecule has 0 fully saturated rings. The molecule has 0 unspecified atom stereocenters. The summed E-state index contributed by atoms with van der Waals surface area (Å²) in [6.45, 7) is 0.680. The molecule has 8 heteroatoms. The standard InChI is InChI=1S/C29H30N2O6/c1-31-13-12-19-15-26(36-4)27(37-5)17-21(19)14-23(31)28(32)18-6-9-22(10-7-18)30-29(33)20-8-11-24(34-2)25(16-20)35-3/h6-11,14-17H,12-13H2,1-5H3,(H,30,33). The van der Waals surface area contributed by atoms with Crippen LogP contribution in [0.1, 0.15) is 31.8 Å². The van der Waals surface area contributed by atoms with Gasteiger partial charge in [0.15, 0.2) is 23.0 Å². The Balaban J connectivity index is 1.54. The lowest BCUT2D eigenvalue weighted by Crippen LogP contribution is -2.24. The maximum Gasteiger partial charge on any atom is 0.255 e. The molecule has 1 aliphatic rings. The Kier molecular flexibility index (Phi) is 7.67. The summed E-state index contributed by atoms with van der Waals surface area (Å²) >= 11 is 0. The summed E-state index contributed by atoms with van der Waals surface area (Å²) in [5, 5.41) is 2.85. The topological polar surface area (TPSA) is 86.3 Å². The van der Waals surface area contributed by atoms with E-state index in [0.29, 0.717) is 52.1 Å². The Morgan fingerprint density at radius 1 is 0.757 bits per heavy atom. The smallest absolute Gasteiger partial charge is 0.255 e. The largest absolute Gasteiger partial charge is 0.493 e. The summed E-state index contributed by atoms with van der Waals surface area (Å²) in [6, 6.07) is 15.7. The third kappa shape index (κ3) is 5.38. The van der Waals surface area contributed by atoms with Crippen LogP contribution in [-0.4, -0.2) is 58.6 Å². The van der Waals surface area contributed by atoms with Crippen molar-refractivity contribution in [3.05, 3.63) is 82.5 Å². The van der Waals surface area contributed by atoms with E-state index in [1.165, 1.54) is 14.2 Å². The van der Waals surface area contributed by atoms with E-state index in [1.807, 2.05) is 30.2 Å². The molecule has 37 heavy (non-hydrogen) atoms. The number of amides is 1. The van der Waals surface area contributed by atoms with Crippen LogP contribution >= 0.6 is 0 Å². The molecule has 0 bridgehead atoms. The van der Waals surface area contributed by atoms with Gasteiger partial charge < -0.3 is 29.2 Å². The Morgan fingerprint density at radius 2 is 1.35 bits per heavy atom. The number of ketones is 1. The molecule has 3 aromatic rings. The van der Waals surface area contributed by atoms with Crippen LogP contribution < -0.4 is 24.3 Å². The van der Waals surface area contributed by atoms with Crippen LogP contribution in [0.2, 0.25) is 0 Å². The summed E-state index contributed by atoms with van der Waals surface area (Å²) in [4.78, 5) is 28.1. The number of ether oxygens (including phenoxy) is 4. The number of rotatable bonds is 8. The van der Waals surface area contributed by atoms with Crippen molar-refractivity contribution in [2.24, 2.45) is 0 Å². The van der Waals surface area contributed by atoms with Crippen molar-refractivity contribution in [3.63, 3.8) is 0 Å². The van der Waals surface area contributed by atoms with Gasteiger partial charge in [-0.05, 0) is 78.2 Å². The molecular formula is C29H30N2O6. The van der Waals surface area contributed by atoms with Gasteiger partial charge in [-0.2, -0.15) is 0 Å². The van der Waals surface area contributed by atoms with Crippen molar-refractivity contribution >= 4 is 23.5 Å². The number of hydrogen-bond donors (Lipinski definition) is 1. The van der Waals surface area contributed by atoms with Crippen LogP contribution in [-0.2, 0) is 6.42 Å². The molecule has 4 rings (SSSR count). The Morgan fingerprint density at radius 3 is 2.00 bits per heavy atom. The van der Waals surface area contributed by atoms with Gasteiger partial charge in [-0.3, -0.25) is 9.59 Å². The molecule has 0 saturated heterocycles. The van der Waals surface area contributed by atoms with Crippen molar-refractivity contribution in [1.29, 1.82) is 0 Å². The van der Waals surface area contributed by atoms with Crippen LogP contribution in [0.5, 0.6) is 23.0 Å². The monoisotopic (exact) mass is 502 g/mol. The molecule has 0 atom stereocenters. The number of methoxy groups -OCH3 is 4. The molecule has 0 aromatic heterocycles. The first kappa shape index (κ1) is 25.6. The summed E-state index contributed by atoms with van der Waals surface area (Å²) in [7, 11) is 8.16. The molecule has 0 radical (unpaired) electrons. The second kappa shape index (κ2) is 11.1. The highest BCUT2D eigenvalue weighted by Crippen LogP contribution is 2.34. The predicted molar refractivity (Wildman–Crippen MR) is 142 cm³/mol. The quantitative estimate of drug-likeness (QED) is 0.448. The molecule has 192 valence electrons. The van der Waals surface area contributed by atoms with Crippen molar-refractivity contribution < 1.29 is 28.5 Å². The van der Waals surface area contributed by atoms with E-state index in [-0.39, 0.29) is 11.7 Å². The minimum atomic E-state index is -0.299. The minimum absolute atomic E-state index is 0.108. The van der Waals surface area contributed by atoms with Gasteiger partial charge in [0.1, 0.15) is 0 Å². The normalized spacial score (nSPS) is 12.6. The number of nitrogens with zero attached hydrogens (tertiary/aromatic N) is 1. The first-order chi connectivity index (χ1) is 17.9. The summed E-state index contributed by atoms with van der Waals surface area (Å²) < 4.78 is 21.4. The van der Waals surface area contributed by atoms with Crippen LogP contribution in [0.3, 0.4) is 0 Å². The fourth-order valence-corrected chi connectivity index (χ4v) is 4.23. The van der Waals surface area contributed by atoms with Gasteiger partial charge in [-0.25, -0.2) is 0 Å². The molecular weight excluding hydrogens is 472 g/mol. The van der Waals surface area contributed by atoms with Crippen molar-refractivity contribution in [3.8, 4) is 23.0 Å². The SMILES string of the molecule is COc1ccc(C(=O)Nc2ccc(C(=O)C3=Cc4cc(OC)c(OC)cc4CCN3C)cc2)cc1OC. The third-order valence-electron chi connectivity index (χ3n) is 6.35. The molecule has 1 N–H and O–H groups in total. The fraction of sp³-hybridized carbons (Fsp3) is 0.241. The third-order valence-corrected chi connectivity index (χ3v) is 6.35. The molecule has 0 aliphatic carbocycles. The van der Waals surface area contributed by atoms with Gasteiger partial charge >= 0.3 is 0 Å². The number of carbonyl (C=O) groups excluding carboxylic acids is 2. The zero-order valence-corrected chi connectivity index (χ0v) is 21.6. The van der Waals surface area contributed by atoms with Gasteiger partial charge in [0.05, 0.1) is 34.1 Å². The van der Waals surface area contributed by atoms with Gasteiger partial charge in [-0.15, -0.1) is 0 Å². The average molecular weight is 503 g/mol. The second-order valence-electron chi connectivity index (χ2n) is 8.54. The first-order valence-corrected chi connectivity index (χ1v) is 11.7. The van der Waals surface area contributed by atoms with E-state index >= 15 is 0 Å². The summed E-state index contributed by atoms with van der Waals surface area (Å²) in [6.07, 6.45) is 2.65. The molecule has 0 spiro atoms. The number of nitrogens with one attached hydrogen (secondary N) is 1. The van der Waals surface area contributed by atoms with Crippen molar-refractivity contribution in [1.82, 2.24) is 4.90 Å². The number of likely N-dealkylation sites (N-methyl/N-ethyl adjacent to an activating group) is 1. The van der Waals surface area contributed by atoms with E-state index in [9.17, 15) is 9.59 Å². The molecule has 8 nitrogen and oxygen atoms in total. The average Bonchev–Trinajstić information content (AvgIpc) is 3.09. The van der Waals surface area contributed by atoms with Crippen LogP contribution in [0.4, 0.5) is 5.69 Å². The van der Waals surface area contributed by atoms with E-state index in [4.69, 9.17) is 18.9 Å². The number of fused-ring (bicyclic) bond motifs is 1. The fourth-order valence-electron chi connectivity index (χ4n) is 4.23. The van der Waals surface area contributed by atoms with Crippen LogP contribution in [0.15, 0.2) is 60.3 Å². The molecule has 1 heterocycles. The molecule has 0 saturated carbocycles. The number of carbonyl (C=O) groups is 2. The highest BCUT2D eigenvalue weighted by atomic mass is 16.5. The maximum atomic E-state index is 13.5. The van der Waals surface area contributed by atoms with Crippen molar-refractivity contribution in [2.75, 3.05) is 47.3 Å². The van der Waals surface area contributed by atoms with Gasteiger partial charge in [0, 0.05) is 30.4 Å². The Labute approximate surface area is 216 Å². The van der Waals surface area contributed by atoms with Crippen LogP contribution in [0.25, 0.3) is 6.08 Å². The molecule has 3 aromatic carbocycles. The van der Waals surface area contributed by atoms with E-state index in [2.05, 4.69) is 5.32 Å². The number of hydrogen-bond acceptors (Lipinski definition) is 7. The maximum absolute atomic E-state index is 13.5. The number of Topliss-reactive ketones (excluding diaryl/α,β-unsaturated/α-hetero) is 1. The van der Waals surface area contributed by atoms with Crippen LogP contribution in [0, 0.1) is 0 Å². The predicted octanol–water partition coefficient (Wildman–Crippen LogP) is 4.69. The van der Waals surface area contributed by atoms with Gasteiger partial charge in [0.2, 0.25) is 5.78 Å². The highest BCUT2D eigenvalue weighted by Gasteiger charge is 2.22. The van der Waals surface area contributed by atoms with E-state index in [1.54, 1.807) is 56.7 Å². The minimum Gasteiger partial charge on any atom is -0.493 e. The van der Waals surface area contributed by atoms with Crippen molar-refractivity contribution in [2.45, 2.75) is 6.42 Å². The Hall–Kier alpha value is -4.46. The lowest BCUT2D eigenvalue weighted by Gasteiger charge is -2.20. The van der Waals surface area contributed by atoms with E-state index < -0.39 is 0 Å². The lowest BCUT2D eigenvalue weighted by molar-refractivity contribution is 0.0999. The summed E-state index contributed by atoms with van der Waals surface area (Å²) in [5.74, 6) is 1.88. The Bertz CT molecular complexity index is 1350. The zero-order chi connectivity index (χ0) is 26.5. The number of allylic oxidation sites excluding steroid dienone is 1. The van der Waals surface area contributed by atoms with Gasteiger partial charge in [0.25, 0.3) is 5.91 Å². The molecule has 1 amide bonds. The second-order valence-corrected chi connectivity index (χ2v) is 8.54.